The minimum atomic E-state index is 0.909. The first kappa shape index (κ1) is 18.6. The molecule has 0 amide bonds. The van der Waals surface area contributed by atoms with Crippen molar-refractivity contribution >= 4 is 54.8 Å². The molecule has 0 N–H and O–H groups in total. The van der Waals surface area contributed by atoms with E-state index in [4.69, 9.17) is 4.42 Å². The Hall–Kier alpha value is -4.76. The van der Waals surface area contributed by atoms with Crippen molar-refractivity contribution < 1.29 is 4.42 Å². The third-order valence-electron chi connectivity index (χ3n) is 7.10. The summed E-state index contributed by atoms with van der Waals surface area (Å²) in [5.74, 6) is 0. The molecule has 3 heterocycles. The van der Waals surface area contributed by atoms with Gasteiger partial charge in [-0.1, -0.05) is 72.8 Å². The maximum atomic E-state index is 6.31. The molecule has 164 valence electrons. The second-order valence-electron chi connectivity index (χ2n) is 8.99. The van der Waals surface area contributed by atoms with Gasteiger partial charge in [0.15, 0.2) is 0 Å². The second-order valence-corrected chi connectivity index (χ2v) is 8.99. The zero-order chi connectivity index (χ0) is 22.9. The highest BCUT2D eigenvalue weighted by atomic mass is 16.3. The van der Waals surface area contributed by atoms with Crippen molar-refractivity contribution in [1.82, 2.24) is 9.13 Å². The van der Waals surface area contributed by atoms with E-state index in [2.05, 4.69) is 124 Å². The lowest BCUT2D eigenvalue weighted by Crippen LogP contribution is -1.94. The fourth-order valence-corrected chi connectivity index (χ4v) is 5.71. The number of rotatable bonds is 2. The summed E-state index contributed by atoms with van der Waals surface area (Å²) in [5.41, 5.74) is 8.92. The number of hydrogen-bond donors (Lipinski definition) is 0. The molecule has 0 spiro atoms. The quantitative estimate of drug-likeness (QED) is 0.259. The average Bonchev–Trinajstić information content (AvgIpc) is 3.57. The first-order valence-corrected chi connectivity index (χ1v) is 11.9. The van der Waals surface area contributed by atoms with Crippen LogP contribution < -0.4 is 0 Å². The first-order chi connectivity index (χ1) is 17.4. The second kappa shape index (κ2) is 6.87. The Kier molecular flexibility index (Phi) is 3.66. The standard InChI is InChI=1S/C32H20N2O/c1-3-11-21(12-4-1)33-26-17-9-7-15-23(26)31-32(33)25-19-20-28-29(24-16-8-10-18-27(24)35-28)30(25)34(31)22-13-5-2-6-14-22/h1-20H. The van der Waals surface area contributed by atoms with E-state index >= 15 is 0 Å². The maximum Gasteiger partial charge on any atom is 0.137 e. The number of nitrogens with zero attached hydrogens (tertiary/aromatic N) is 2. The number of furan rings is 1. The summed E-state index contributed by atoms with van der Waals surface area (Å²) in [6, 6.07) is 42.7. The molecule has 0 radical (unpaired) electrons. The predicted molar refractivity (Wildman–Crippen MR) is 145 cm³/mol. The van der Waals surface area contributed by atoms with Crippen molar-refractivity contribution in [2.75, 3.05) is 0 Å². The summed E-state index contributed by atoms with van der Waals surface area (Å²) in [7, 11) is 0. The minimum Gasteiger partial charge on any atom is -0.456 e. The van der Waals surface area contributed by atoms with Crippen LogP contribution in [0.4, 0.5) is 0 Å². The Morgan fingerprint density at radius 3 is 1.77 bits per heavy atom. The predicted octanol–water partition coefficient (Wildman–Crippen LogP) is 8.63. The number of aromatic nitrogens is 2. The lowest BCUT2D eigenvalue weighted by molar-refractivity contribution is 0.669. The summed E-state index contributed by atoms with van der Waals surface area (Å²) < 4.78 is 11.1. The van der Waals surface area contributed by atoms with Crippen LogP contribution >= 0.6 is 0 Å². The molecule has 0 unspecified atom stereocenters. The highest BCUT2D eigenvalue weighted by Gasteiger charge is 2.24. The van der Waals surface area contributed by atoms with Crippen molar-refractivity contribution in [3.8, 4) is 11.4 Å². The molecule has 8 aromatic rings. The number of para-hydroxylation sites is 4. The van der Waals surface area contributed by atoms with E-state index in [-0.39, 0.29) is 0 Å². The van der Waals surface area contributed by atoms with Gasteiger partial charge in [0, 0.05) is 27.5 Å². The van der Waals surface area contributed by atoms with Gasteiger partial charge in [0.2, 0.25) is 0 Å². The van der Waals surface area contributed by atoms with Gasteiger partial charge in [0.1, 0.15) is 11.2 Å². The van der Waals surface area contributed by atoms with Crippen molar-refractivity contribution in [3.05, 3.63) is 121 Å². The van der Waals surface area contributed by atoms with Gasteiger partial charge in [0.25, 0.3) is 0 Å². The number of benzene rings is 5. The first-order valence-electron chi connectivity index (χ1n) is 11.9. The van der Waals surface area contributed by atoms with Gasteiger partial charge < -0.3 is 13.6 Å². The third-order valence-corrected chi connectivity index (χ3v) is 7.10. The Labute approximate surface area is 201 Å². The third kappa shape index (κ3) is 2.44. The molecule has 0 aliphatic rings. The van der Waals surface area contributed by atoms with Gasteiger partial charge in [-0.25, -0.2) is 0 Å². The summed E-state index contributed by atoms with van der Waals surface area (Å²) >= 11 is 0. The molecular weight excluding hydrogens is 428 g/mol. The van der Waals surface area contributed by atoms with Gasteiger partial charge >= 0.3 is 0 Å². The van der Waals surface area contributed by atoms with E-state index in [1.54, 1.807) is 0 Å². The summed E-state index contributed by atoms with van der Waals surface area (Å²) in [6.07, 6.45) is 0. The van der Waals surface area contributed by atoms with E-state index in [1.165, 1.54) is 32.8 Å². The highest BCUT2D eigenvalue weighted by molar-refractivity contribution is 6.28. The molecule has 3 aromatic heterocycles. The van der Waals surface area contributed by atoms with E-state index < -0.39 is 0 Å². The normalized spacial score (nSPS) is 12.0. The molecule has 3 heteroatoms. The molecule has 0 saturated carbocycles. The molecule has 0 aliphatic heterocycles. The molecule has 0 fully saturated rings. The monoisotopic (exact) mass is 448 g/mol. The van der Waals surface area contributed by atoms with Crippen molar-refractivity contribution in [2.24, 2.45) is 0 Å². The van der Waals surface area contributed by atoms with Crippen molar-refractivity contribution in [2.45, 2.75) is 0 Å². The lowest BCUT2D eigenvalue weighted by atomic mass is 10.1. The van der Waals surface area contributed by atoms with Crippen LogP contribution in [0.2, 0.25) is 0 Å². The van der Waals surface area contributed by atoms with Crippen LogP contribution in [-0.4, -0.2) is 9.13 Å². The largest absolute Gasteiger partial charge is 0.456 e. The molecule has 0 bridgehead atoms. The van der Waals surface area contributed by atoms with Crippen LogP contribution in [0.15, 0.2) is 126 Å². The van der Waals surface area contributed by atoms with Crippen molar-refractivity contribution in [3.63, 3.8) is 0 Å². The fraction of sp³-hybridized carbons (Fsp3) is 0. The Morgan fingerprint density at radius 1 is 0.400 bits per heavy atom. The van der Waals surface area contributed by atoms with E-state index in [1.807, 2.05) is 6.07 Å². The topological polar surface area (TPSA) is 23.0 Å². The Morgan fingerprint density at radius 2 is 1.00 bits per heavy atom. The zero-order valence-electron chi connectivity index (χ0n) is 18.8. The summed E-state index contributed by atoms with van der Waals surface area (Å²) in [6.45, 7) is 0. The molecule has 0 atom stereocenters. The molecular formula is C32H20N2O. The summed E-state index contributed by atoms with van der Waals surface area (Å²) in [5, 5.41) is 4.73. The Balaban J connectivity index is 1.72. The average molecular weight is 449 g/mol. The van der Waals surface area contributed by atoms with Gasteiger partial charge in [0.05, 0.1) is 27.5 Å². The van der Waals surface area contributed by atoms with Crippen LogP contribution in [0.5, 0.6) is 0 Å². The molecule has 0 aliphatic carbocycles. The van der Waals surface area contributed by atoms with Gasteiger partial charge in [-0.15, -0.1) is 0 Å². The Bertz CT molecular complexity index is 2040. The van der Waals surface area contributed by atoms with Crippen LogP contribution in [0.3, 0.4) is 0 Å². The molecule has 8 rings (SSSR count). The van der Waals surface area contributed by atoms with E-state index in [0.29, 0.717) is 0 Å². The van der Waals surface area contributed by atoms with Gasteiger partial charge in [-0.3, -0.25) is 0 Å². The SMILES string of the molecule is c1ccc(-n2c3ccccc3c3c2c2ccc4oc5ccccc5c4c2n3-c2ccccc2)cc1. The van der Waals surface area contributed by atoms with Gasteiger partial charge in [-0.2, -0.15) is 0 Å². The lowest BCUT2D eigenvalue weighted by Gasteiger charge is -2.09. The number of fused-ring (bicyclic) bond motifs is 9. The fourth-order valence-electron chi connectivity index (χ4n) is 5.71. The molecule has 35 heavy (non-hydrogen) atoms. The van der Waals surface area contributed by atoms with Gasteiger partial charge in [-0.05, 0) is 48.5 Å². The molecule has 3 nitrogen and oxygen atoms in total. The maximum absolute atomic E-state index is 6.31. The summed E-state index contributed by atoms with van der Waals surface area (Å²) in [4.78, 5) is 0. The van der Waals surface area contributed by atoms with Crippen molar-refractivity contribution in [1.29, 1.82) is 0 Å². The smallest absolute Gasteiger partial charge is 0.137 e. The van der Waals surface area contributed by atoms with Crippen LogP contribution in [-0.2, 0) is 0 Å². The zero-order valence-corrected chi connectivity index (χ0v) is 18.8. The van der Waals surface area contributed by atoms with E-state index in [9.17, 15) is 0 Å². The highest BCUT2D eigenvalue weighted by Crippen LogP contribution is 2.44. The molecule has 0 saturated heterocycles. The van der Waals surface area contributed by atoms with Crippen LogP contribution in [0, 0.1) is 0 Å². The number of hydrogen-bond acceptors (Lipinski definition) is 1. The van der Waals surface area contributed by atoms with E-state index in [0.717, 1.165) is 33.3 Å². The van der Waals surface area contributed by atoms with Crippen LogP contribution in [0.25, 0.3) is 66.2 Å². The molecule has 5 aromatic carbocycles. The van der Waals surface area contributed by atoms with Crippen LogP contribution in [0.1, 0.15) is 0 Å². The minimum absolute atomic E-state index is 0.909.